The van der Waals surface area contributed by atoms with E-state index in [1.54, 1.807) is 0 Å². The number of hydrogen-bond donors (Lipinski definition) is 1. The Balaban J connectivity index is 1.91. The molecule has 0 saturated carbocycles. The largest absolute Gasteiger partial charge is 0.481 e. The van der Waals surface area contributed by atoms with Crippen LogP contribution in [-0.4, -0.2) is 24.2 Å². The summed E-state index contributed by atoms with van der Waals surface area (Å²) in [6.45, 7) is 1.93. The van der Waals surface area contributed by atoms with Crippen LogP contribution in [0.4, 0.5) is 5.69 Å². The molecular formula is C13H16ClNO2. The molecular weight excluding hydrogens is 238 g/mol. The molecule has 1 fully saturated rings. The molecule has 0 amide bonds. The Bertz CT molecular complexity index is 408. The molecule has 1 atom stereocenters. The van der Waals surface area contributed by atoms with Crippen molar-refractivity contribution in [2.24, 2.45) is 5.92 Å². The molecule has 0 radical (unpaired) electrons. The third-order valence-corrected chi connectivity index (χ3v) is 3.46. The fourth-order valence-electron chi connectivity index (χ4n) is 2.30. The molecule has 92 valence electrons. The maximum Gasteiger partial charge on any atom is 0.303 e. The lowest BCUT2D eigenvalue weighted by atomic mass is 10.0. The minimum atomic E-state index is -0.703. The molecule has 2 rings (SSSR count). The highest BCUT2D eigenvalue weighted by Gasteiger charge is 2.23. The molecule has 1 aliphatic heterocycles. The highest BCUT2D eigenvalue weighted by molar-refractivity contribution is 6.30. The molecule has 0 spiro atoms. The van der Waals surface area contributed by atoms with Gasteiger partial charge in [0.1, 0.15) is 0 Å². The number of halogens is 1. The standard InChI is InChI=1S/C13H16ClNO2/c14-11-2-1-3-12(8-11)15-7-6-10(9-15)4-5-13(16)17/h1-3,8,10H,4-7,9H2,(H,16,17). The number of hydrogen-bond acceptors (Lipinski definition) is 2. The lowest BCUT2D eigenvalue weighted by molar-refractivity contribution is -0.137. The second-order valence-corrected chi connectivity index (χ2v) is 4.95. The van der Waals surface area contributed by atoms with Crippen molar-refractivity contribution in [3.63, 3.8) is 0 Å². The van der Waals surface area contributed by atoms with Crippen LogP contribution in [-0.2, 0) is 4.79 Å². The Morgan fingerprint density at radius 3 is 3.06 bits per heavy atom. The monoisotopic (exact) mass is 253 g/mol. The predicted molar refractivity (Wildman–Crippen MR) is 68.6 cm³/mol. The van der Waals surface area contributed by atoms with E-state index in [4.69, 9.17) is 16.7 Å². The maximum absolute atomic E-state index is 10.5. The first kappa shape index (κ1) is 12.2. The van der Waals surface area contributed by atoms with E-state index in [1.807, 2.05) is 24.3 Å². The lowest BCUT2D eigenvalue weighted by Gasteiger charge is -2.18. The van der Waals surface area contributed by atoms with Crippen molar-refractivity contribution < 1.29 is 9.90 Å². The SMILES string of the molecule is O=C(O)CCC1CCN(c2cccc(Cl)c2)C1. The smallest absolute Gasteiger partial charge is 0.303 e. The zero-order valence-electron chi connectivity index (χ0n) is 9.60. The van der Waals surface area contributed by atoms with Crippen molar-refractivity contribution in [3.8, 4) is 0 Å². The average molecular weight is 254 g/mol. The Hall–Kier alpha value is -1.22. The molecule has 0 aliphatic carbocycles. The summed E-state index contributed by atoms with van der Waals surface area (Å²) in [4.78, 5) is 12.8. The number of benzene rings is 1. The van der Waals surface area contributed by atoms with E-state index in [9.17, 15) is 4.79 Å². The van der Waals surface area contributed by atoms with Crippen molar-refractivity contribution >= 4 is 23.3 Å². The second kappa shape index (κ2) is 5.41. The zero-order valence-corrected chi connectivity index (χ0v) is 10.4. The summed E-state index contributed by atoms with van der Waals surface area (Å²) < 4.78 is 0. The molecule has 1 saturated heterocycles. The van der Waals surface area contributed by atoms with Crippen LogP contribution in [0.25, 0.3) is 0 Å². The number of aliphatic carboxylic acids is 1. The first-order valence-electron chi connectivity index (χ1n) is 5.87. The van der Waals surface area contributed by atoms with Crippen molar-refractivity contribution in [2.45, 2.75) is 19.3 Å². The molecule has 17 heavy (non-hydrogen) atoms. The normalized spacial score (nSPS) is 19.6. The second-order valence-electron chi connectivity index (χ2n) is 4.51. The van der Waals surface area contributed by atoms with Gasteiger partial charge < -0.3 is 10.0 Å². The Kier molecular flexibility index (Phi) is 3.89. The fourth-order valence-corrected chi connectivity index (χ4v) is 2.49. The molecule has 1 N–H and O–H groups in total. The molecule has 0 bridgehead atoms. The number of rotatable bonds is 4. The molecule has 3 nitrogen and oxygen atoms in total. The quantitative estimate of drug-likeness (QED) is 0.897. The highest BCUT2D eigenvalue weighted by atomic mass is 35.5. The van der Waals surface area contributed by atoms with Crippen LogP contribution >= 0.6 is 11.6 Å². The fraction of sp³-hybridized carbons (Fsp3) is 0.462. The van der Waals surface area contributed by atoms with Gasteiger partial charge in [0.05, 0.1) is 0 Å². The van der Waals surface area contributed by atoms with Gasteiger partial charge >= 0.3 is 5.97 Å². The lowest BCUT2D eigenvalue weighted by Crippen LogP contribution is -2.19. The van der Waals surface area contributed by atoms with Gasteiger partial charge in [-0.3, -0.25) is 4.79 Å². The molecule has 1 aromatic rings. The topological polar surface area (TPSA) is 40.5 Å². The third-order valence-electron chi connectivity index (χ3n) is 3.23. The summed E-state index contributed by atoms with van der Waals surface area (Å²) in [5, 5.41) is 9.41. The van der Waals surface area contributed by atoms with E-state index in [0.717, 1.165) is 36.6 Å². The Morgan fingerprint density at radius 2 is 2.35 bits per heavy atom. The third kappa shape index (κ3) is 3.37. The van der Waals surface area contributed by atoms with Gasteiger partial charge in [-0.05, 0) is 37.0 Å². The van der Waals surface area contributed by atoms with E-state index in [1.165, 1.54) is 0 Å². The molecule has 1 heterocycles. The summed E-state index contributed by atoms with van der Waals surface area (Å²) in [6, 6.07) is 7.82. The van der Waals surface area contributed by atoms with Gasteiger partial charge in [-0.15, -0.1) is 0 Å². The minimum absolute atomic E-state index is 0.272. The van der Waals surface area contributed by atoms with E-state index in [-0.39, 0.29) is 6.42 Å². The summed E-state index contributed by atoms with van der Waals surface area (Å²) in [5.74, 6) is -0.212. The number of carboxylic acid groups (broad SMARTS) is 1. The van der Waals surface area contributed by atoms with Crippen molar-refractivity contribution in [1.82, 2.24) is 0 Å². The van der Waals surface area contributed by atoms with Gasteiger partial charge in [0, 0.05) is 30.2 Å². The van der Waals surface area contributed by atoms with Crippen molar-refractivity contribution in [2.75, 3.05) is 18.0 Å². The molecule has 0 aromatic heterocycles. The van der Waals surface area contributed by atoms with Crippen LogP contribution in [0.2, 0.25) is 5.02 Å². The zero-order chi connectivity index (χ0) is 12.3. The van der Waals surface area contributed by atoms with Gasteiger partial charge in [-0.1, -0.05) is 17.7 Å². The van der Waals surface area contributed by atoms with Crippen molar-refractivity contribution in [3.05, 3.63) is 29.3 Å². The van der Waals surface area contributed by atoms with Crippen LogP contribution in [0, 0.1) is 5.92 Å². The van der Waals surface area contributed by atoms with Crippen LogP contribution in [0.15, 0.2) is 24.3 Å². The Labute approximate surface area is 106 Å². The van der Waals surface area contributed by atoms with Gasteiger partial charge in [-0.25, -0.2) is 0 Å². The van der Waals surface area contributed by atoms with E-state index >= 15 is 0 Å². The van der Waals surface area contributed by atoms with Crippen LogP contribution in [0.3, 0.4) is 0 Å². The first-order valence-corrected chi connectivity index (χ1v) is 6.25. The molecule has 1 aromatic carbocycles. The van der Waals surface area contributed by atoms with E-state index in [0.29, 0.717) is 5.92 Å². The summed E-state index contributed by atoms with van der Waals surface area (Å²) >= 11 is 5.96. The van der Waals surface area contributed by atoms with Gasteiger partial charge in [0.25, 0.3) is 0 Å². The maximum atomic E-state index is 10.5. The predicted octanol–water partition coefficient (Wildman–Crippen LogP) is 3.03. The van der Waals surface area contributed by atoms with E-state index < -0.39 is 5.97 Å². The first-order chi connectivity index (χ1) is 8.15. The summed E-state index contributed by atoms with van der Waals surface area (Å²) in [6.07, 6.45) is 2.11. The number of nitrogens with zero attached hydrogens (tertiary/aromatic N) is 1. The number of carboxylic acids is 1. The van der Waals surface area contributed by atoms with Gasteiger partial charge in [0.15, 0.2) is 0 Å². The minimum Gasteiger partial charge on any atom is -0.481 e. The van der Waals surface area contributed by atoms with Crippen LogP contribution in [0.5, 0.6) is 0 Å². The van der Waals surface area contributed by atoms with E-state index in [2.05, 4.69) is 4.90 Å². The van der Waals surface area contributed by atoms with Crippen LogP contribution in [0.1, 0.15) is 19.3 Å². The Morgan fingerprint density at radius 1 is 1.53 bits per heavy atom. The van der Waals surface area contributed by atoms with Crippen LogP contribution < -0.4 is 4.90 Å². The number of anilines is 1. The summed E-state index contributed by atoms with van der Waals surface area (Å²) in [7, 11) is 0. The molecule has 1 aliphatic rings. The molecule has 4 heteroatoms. The van der Waals surface area contributed by atoms with Gasteiger partial charge in [0.2, 0.25) is 0 Å². The molecule has 1 unspecified atom stereocenters. The summed E-state index contributed by atoms with van der Waals surface area (Å²) in [5.41, 5.74) is 1.13. The van der Waals surface area contributed by atoms with Gasteiger partial charge in [-0.2, -0.15) is 0 Å². The average Bonchev–Trinajstić information content (AvgIpc) is 2.75. The van der Waals surface area contributed by atoms with Crippen molar-refractivity contribution in [1.29, 1.82) is 0 Å². The highest BCUT2D eigenvalue weighted by Crippen LogP contribution is 2.27. The number of carbonyl (C=O) groups is 1.